The average Bonchev–Trinajstić information content (AvgIpc) is 2.33. The van der Waals surface area contributed by atoms with E-state index in [0.29, 0.717) is 30.8 Å². The molecule has 0 saturated carbocycles. The number of nitrogens with two attached hydrogens (primary N) is 1. The molecule has 1 fully saturated rings. The summed E-state index contributed by atoms with van der Waals surface area (Å²) in [6, 6.07) is 3.18. The summed E-state index contributed by atoms with van der Waals surface area (Å²) in [5, 5.41) is 5.52. The summed E-state index contributed by atoms with van der Waals surface area (Å²) in [5.41, 5.74) is 6.33. The highest BCUT2D eigenvalue weighted by Crippen LogP contribution is 2.05. The quantitative estimate of drug-likeness (QED) is 0.652. The summed E-state index contributed by atoms with van der Waals surface area (Å²) >= 11 is 0. The van der Waals surface area contributed by atoms with Crippen LogP contribution in [0.5, 0.6) is 0 Å². The summed E-state index contributed by atoms with van der Waals surface area (Å²) < 4.78 is 0. The number of amides is 2. The van der Waals surface area contributed by atoms with Crippen LogP contribution in [0.4, 0.5) is 5.69 Å². The van der Waals surface area contributed by atoms with Gasteiger partial charge in [-0.3, -0.25) is 9.59 Å². The normalized spacial score (nSPS) is 19.5. The molecule has 1 saturated heterocycles. The number of nitrogens with one attached hydrogen (secondary N) is 2. The van der Waals surface area contributed by atoms with E-state index in [4.69, 9.17) is 5.73 Å². The average molecular weight is 234 g/mol. The zero-order valence-electron chi connectivity index (χ0n) is 9.27. The van der Waals surface area contributed by atoms with Crippen molar-refractivity contribution in [3.63, 3.8) is 0 Å². The van der Waals surface area contributed by atoms with Gasteiger partial charge in [-0.2, -0.15) is 0 Å². The minimum Gasteiger partial charge on any atom is -0.397 e. The van der Waals surface area contributed by atoms with Gasteiger partial charge >= 0.3 is 0 Å². The Morgan fingerprint density at radius 1 is 1.53 bits per heavy atom. The van der Waals surface area contributed by atoms with Gasteiger partial charge in [-0.05, 0) is 18.6 Å². The highest BCUT2D eigenvalue weighted by atomic mass is 16.2. The lowest BCUT2D eigenvalue weighted by Gasteiger charge is -2.23. The Morgan fingerprint density at radius 2 is 2.35 bits per heavy atom. The van der Waals surface area contributed by atoms with Crippen molar-refractivity contribution in [2.75, 3.05) is 12.3 Å². The standard InChI is InChI=1S/C11H14N4O2/c12-7-1-3-9(13-5-7)11(17)15-8-2-4-10(16)14-6-8/h1,3,5,8H,2,4,6,12H2,(H,14,16)(H,15,17). The van der Waals surface area contributed by atoms with Crippen molar-refractivity contribution < 1.29 is 9.59 Å². The molecule has 90 valence electrons. The maximum atomic E-state index is 11.8. The molecule has 0 spiro atoms. The van der Waals surface area contributed by atoms with Crippen molar-refractivity contribution in [2.45, 2.75) is 18.9 Å². The number of aromatic nitrogens is 1. The van der Waals surface area contributed by atoms with Gasteiger partial charge in [-0.25, -0.2) is 4.98 Å². The number of pyridine rings is 1. The number of anilines is 1. The number of piperidine rings is 1. The molecular formula is C11H14N4O2. The lowest BCUT2D eigenvalue weighted by molar-refractivity contribution is -0.122. The van der Waals surface area contributed by atoms with Crippen LogP contribution in [0.1, 0.15) is 23.3 Å². The fourth-order valence-electron chi connectivity index (χ4n) is 1.65. The smallest absolute Gasteiger partial charge is 0.270 e. The first-order valence-electron chi connectivity index (χ1n) is 5.44. The molecule has 0 radical (unpaired) electrons. The molecule has 2 rings (SSSR count). The van der Waals surface area contributed by atoms with Crippen LogP contribution < -0.4 is 16.4 Å². The van der Waals surface area contributed by atoms with Crippen LogP contribution >= 0.6 is 0 Å². The minimum atomic E-state index is -0.244. The van der Waals surface area contributed by atoms with Crippen molar-refractivity contribution in [3.8, 4) is 0 Å². The molecule has 0 aliphatic carbocycles. The van der Waals surface area contributed by atoms with Crippen molar-refractivity contribution >= 4 is 17.5 Å². The van der Waals surface area contributed by atoms with E-state index in [1.54, 1.807) is 12.1 Å². The Morgan fingerprint density at radius 3 is 2.94 bits per heavy atom. The van der Waals surface area contributed by atoms with Crippen molar-refractivity contribution in [3.05, 3.63) is 24.0 Å². The van der Waals surface area contributed by atoms with E-state index in [-0.39, 0.29) is 17.9 Å². The number of carbonyl (C=O) groups is 2. The van der Waals surface area contributed by atoms with Crippen LogP contribution in [0.2, 0.25) is 0 Å². The lowest BCUT2D eigenvalue weighted by atomic mass is 10.1. The summed E-state index contributed by atoms with van der Waals surface area (Å²) in [5.74, 6) is -0.216. The van der Waals surface area contributed by atoms with Gasteiger partial charge in [0.2, 0.25) is 5.91 Å². The molecule has 2 heterocycles. The fourth-order valence-corrected chi connectivity index (χ4v) is 1.65. The second-order valence-electron chi connectivity index (χ2n) is 3.99. The number of nitrogens with zero attached hydrogens (tertiary/aromatic N) is 1. The zero-order valence-corrected chi connectivity index (χ0v) is 9.27. The zero-order chi connectivity index (χ0) is 12.3. The highest BCUT2D eigenvalue weighted by Gasteiger charge is 2.20. The topological polar surface area (TPSA) is 97.1 Å². The molecule has 0 aromatic carbocycles. The molecule has 1 unspecified atom stereocenters. The van der Waals surface area contributed by atoms with Crippen LogP contribution in [-0.2, 0) is 4.79 Å². The van der Waals surface area contributed by atoms with E-state index in [1.165, 1.54) is 6.20 Å². The monoisotopic (exact) mass is 234 g/mol. The Balaban J connectivity index is 1.93. The minimum absolute atomic E-state index is 0.0282. The van der Waals surface area contributed by atoms with E-state index < -0.39 is 0 Å². The van der Waals surface area contributed by atoms with E-state index >= 15 is 0 Å². The number of rotatable bonds is 2. The Kier molecular flexibility index (Phi) is 3.22. The summed E-state index contributed by atoms with van der Waals surface area (Å²) in [6.45, 7) is 0.472. The molecule has 6 heteroatoms. The van der Waals surface area contributed by atoms with Crippen LogP contribution in [-0.4, -0.2) is 29.4 Å². The van der Waals surface area contributed by atoms with Crippen LogP contribution in [0.15, 0.2) is 18.3 Å². The Labute approximate surface area is 98.6 Å². The molecule has 1 aromatic rings. The first-order chi connectivity index (χ1) is 8.15. The fraction of sp³-hybridized carbons (Fsp3) is 0.364. The molecule has 6 nitrogen and oxygen atoms in total. The number of nitrogen functional groups attached to an aromatic ring is 1. The Hall–Kier alpha value is -2.11. The number of hydrogen-bond donors (Lipinski definition) is 3. The molecule has 1 atom stereocenters. The number of carbonyl (C=O) groups excluding carboxylic acids is 2. The third-order valence-corrected chi connectivity index (χ3v) is 2.62. The Bertz CT molecular complexity index is 420. The van der Waals surface area contributed by atoms with Gasteiger partial charge in [0, 0.05) is 19.0 Å². The lowest BCUT2D eigenvalue weighted by Crippen LogP contribution is -2.47. The van der Waals surface area contributed by atoms with Gasteiger partial charge in [0.1, 0.15) is 5.69 Å². The van der Waals surface area contributed by atoms with Gasteiger partial charge in [0.05, 0.1) is 11.9 Å². The number of hydrogen-bond acceptors (Lipinski definition) is 4. The third kappa shape index (κ3) is 2.93. The second-order valence-corrected chi connectivity index (χ2v) is 3.99. The van der Waals surface area contributed by atoms with Crippen LogP contribution in [0.25, 0.3) is 0 Å². The maximum Gasteiger partial charge on any atom is 0.270 e. The largest absolute Gasteiger partial charge is 0.397 e. The maximum absolute atomic E-state index is 11.8. The summed E-state index contributed by atoms with van der Waals surface area (Å²) in [4.78, 5) is 26.7. The van der Waals surface area contributed by atoms with Gasteiger partial charge in [-0.1, -0.05) is 0 Å². The SMILES string of the molecule is Nc1ccc(C(=O)NC2CCC(=O)NC2)nc1. The molecule has 17 heavy (non-hydrogen) atoms. The molecule has 1 aliphatic heterocycles. The first kappa shape index (κ1) is 11.4. The van der Waals surface area contributed by atoms with Crippen LogP contribution in [0, 0.1) is 0 Å². The van der Waals surface area contributed by atoms with Crippen LogP contribution in [0.3, 0.4) is 0 Å². The van der Waals surface area contributed by atoms with Crippen molar-refractivity contribution in [2.24, 2.45) is 0 Å². The van der Waals surface area contributed by atoms with Gasteiger partial charge in [-0.15, -0.1) is 0 Å². The molecule has 1 aliphatic rings. The van der Waals surface area contributed by atoms with E-state index in [0.717, 1.165) is 0 Å². The summed E-state index contributed by atoms with van der Waals surface area (Å²) in [6.07, 6.45) is 2.55. The predicted octanol–water partition coefficient (Wildman–Crippen LogP) is -0.328. The van der Waals surface area contributed by atoms with E-state index in [9.17, 15) is 9.59 Å². The van der Waals surface area contributed by atoms with Crippen molar-refractivity contribution in [1.29, 1.82) is 0 Å². The van der Waals surface area contributed by atoms with E-state index in [2.05, 4.69) is 15.6 Å². The summed E-state index contributed by atoms with van der Waals surface area (Å²) in [7, 11) is 0. The third-order valence-electron chi connectivity index (χ3n) is 2.62. The second kappa shape index (κ2) is 4.82. The molecule has 2 amide bonds. The first-order valence-corrected chi connectivity index (χ1v) is 5.44. The van der Waals surface area contributed by atoms with E-state index in [1.807, 2.05) is 0 Å². The predicted molar refractivity (Wildman–Crippen MR) is 62.1 cm³/mol. The van der Waals surface area contributed by atoms with Crippen molar-refractivity contribution in [1.82, 2.24) is 15.6 Å². The molecule has 4 N–H and O–H groups in total. The van der Waals surface area contributed by atoms with Gasteiger partial charge < -0.3 is 16.4 Å². The molecule has 0 bridgehead atoms. The highest BCUT2D eigenvalue weighted by molar-refractivity contribution is 5.92. The van der Waals surface area contributed by atoms with Gasteiger partial charge in [0.15, 0.2) is 0 Å². The molecular weight excluding hydrogens is 220 g/mol. The van der Waals surface area contributed by atoms with Gasteiger partial charge in [0.25, 0.3) is 5.91 Å². The molecule has 1 aromatic heterocycles.